The normalized spacial score (nSPS) is 13.7. The van der Waals surface area contributed by atoms with Crippen LogP contribution in [0.3, 0.4) is 0 Å². The summed E-state index contributed by atoms with van der Waals surface area (Å²) in [4.78, 5) is 31.1. The van der Waals surface area contributed by atoms with Crippen LogP contribution in [-0.4, -0.2) is 31.8 Å². The molecule has 0 atom stereocenters. The van der Waals surface area contributed by atoms with Gasteiger partial charge in [-0.05, 0) is 32.6 Å². The van der Waals surface area contributed by atoms with E-state index in [1.165, 1.54) is 23.1 Å². The number of hydrogen-bond acceptors (Lipinski definition) is 7. The number of amides is 1. The lowest BCUT2D eigenvalue weighted by atomic mass is 9.97. The Hall–Kier alpha value is -1.74. The fourth-order valence-corrected chi connectivity index (χ4v) is 3.57. The van der Waals surface area contributed by atoms with Crippen molar-refractivity contribution in [2.75, 3.05) is 11.1 Å². The fraction of sp³-hybridized carbons (Fsp3) is 0.462. The summed E-state index contributed by atoms with van der Waals surface area (Å²) in [5.41, 5.74) is 1.59. The molecule has 0 saturated carbocycles. The molecule has 1 aliphatic rings. The highest BCUT2D eigenvalue weighted by Crippen LogP contribution is 2.20. The number of aromatic nitrogens is 4. The van der Waals surface area contributed by atoms with Crippen LogP contribution in [0, 0.1) is 6.92 Å². The van der Waals surface area contributed by atoms with Crippen LogP contribution in [0.15, 0.2) is 9.95 Å². The molecule has 0 saturated heterocycles. The van der Waals surface area contributed by atoms with Crippen molar-refractivity contribution < 1.29 is 4.79 Å². The summed E-state index contributed by atoms with van der Waals surface area (Å²) >= 11 is 2.54. The minimum atomic E-state index is -0.193. The van der Waals surface area contributed by atoms with E-state index < -0.39 is 0 Å². The standard InChI is InChI=1S/C13H15N5O2S2/c1-7-17-18-13(22-7)15-10(19)6-21-12-14-9-5-3-2-4-8(9)11(20)16-12/h2-6H2,1H3,(H,14,16,20)(H,15,18,19). The van der Waals surface area contributed by atoms with Gasteiger partial charge in [0.2, 0.25) is 11.0 Å². The van der Waals surface area contributed by atoms with Gasteiger partial charge in [0.05, 0.1) is 11.4 Å². The van der Waals surface area contributed by atoms with Gasteiger partial charge in [0.15, 0.2) is 5.16 Å². The Bertz CT molecular complexity index is 755. The number of aromatic amines is 1. The molecule has 2 aromatic rings. The van der Waals surface area contributed by atoms with Crippen molar-refractivity contribution in [1.82, 2.24) is 20.2 Å². The second-order valence-electron chi connectivity index (χ2n) is 4.97. The van der Waals surface area contributed by atoms with E-state index in [2.05, 4.69) is 25.5 Å². The lowest BCUT2D eigenvalue weighted by molar-refractivity contribution is -0.113. The average molecular weight is 337 g/mol. The van der Waals surface area contributed by atoms with Crippen LogP contribution in [0.25, 0.3) is 0 Å². The monoisotopic (exact) mass is 337 g/mol. The molecule has 1 aliphatic carbocycles. The molecule has 7 nitrogen and oxygen atoms in total. The number of carbonyl (C=O) groups excluding carboxylic acids is 1. The number of hydrogen-bond donors (Lipinski definition) is 2. The maximum absolute atomic E-state index is 12.0. The molecular weight excluding hydrogens is 322 g/mol. The second-order valence-corrected chi connectivity index (χ2v) is 7.11. The fourth-order valence-electron chi connectivity index (χ4n) is 2.29. The van der Waals surface area contributed by atoms with Gasteiger partial charge in [0.25, 0.3) is 5.56 Å². The van der Waals surface area contributed by atoms with Crippen LogP contribution >= 0.6 is 23.1 Å². The van der Waals surface area contributed by atoms with Crippen LogP contribution in [-0.2, 0) is 17.6 Å². The van der Waals surface area contributed by atoms with Gasteiger partial charge in [0, 0.05) is 5.56 Å². The van der Waals surface area contributed by atoms with Crippen LogP contribution in [0.1, 0.15) is 29.1 Å². The summed E-state index contributed by atoms with van der Waals surface area (Å²) < 4.78 is 0. The average Bonchev–Trinajstić information content (AvgIpc) is 2.90. The van der Waals surface area contributed by atoms with Crippen LogP contribution in [0.5, 0.6) is 0 Å². The summed E-state index contributed by atoms with van der Waals surface area (Å²) in [6.07, 6.45) is 3.72. The second kappa shape index (κ2) is 6.57. The summed E-state index contributed by atoms with van der Waals surface area (Å²) in [6, 6.07) is 0. The van der Waals surface area contributed by atoms with Crippen LogP contribution < -0.4 is 10.9 Å². The predicted octanol–water partition coefficient (Wildman–Crippen LogP) is 1.54. The van der Waals surface area contributed by atoms with E-state index in [9.17, 15) is 9.59 Å². The Balaban J connectivity index is 1.62. The maximum atomic E-state index is 12.0. The van der Waals surface area contributed by atoms with Crippen molar-refractivity contribution in [3.05, 3.63) is 26.6 Å². The van der Waals surface area contributed by atoms with E-state index in [4.69, 9.17) is 0 Å². The number of aryl methyl sites for hydroxylation is 2. The molecule has 0 fully saturated rings. The first-order valence-corrected chi connectivity index (χ1v) is 8.77. The van der Waals surface area contributed by atoms with Gasteiger partial charge < -0.3 is 4.98 Å². The molecule has 0 spiro atoms. The zero-order valence-electron chi connectivity index (χ0n) is 12.0. The first-order valence-electron chi connectivity index (χ1n) is 6.96. The lowest BCUT2D eigenvalue weighted by Crippen LogP contribution is -2.22. The first-order chi connectivity index (χ1) is 10.6. The molecule has 1 amide bonds. The third-order valence-electron chi connectivity index (χ3n) is 3.28. The van der Waals surface area contributed by atoms with Gasteiger partial charge in [0.1, 0.15) is 5.01 Å². The number of fused-ring (bicyclic) bond motifs is 1. The molecule has 0 aliphatic heterocycles. The summed E-state index contributed by atoms with van der Waals surface area (Å²) in [6.45, 7) is 1.82. The van der Waals surface area contributed by atoms with Gasteiger partial charge >= 0.3 is 0 Å². The van der Waals surface area contributed by atoms with Gasteiger partial charge in [-0.2, -0.15) is 0 Å². The Kier molecular flexibility index (Phi) is 4.53. The number of carbonyl (C=O) groups is 1. The minimum Gasteiger partial charge on any atom is -0.301 e. The number of H-pyrrole nitrogens is 1. The molecule has 2 aromatic heterocycles. The van der Waals surface area contributed by atoms with E-state index in [-0.39, 0.29) is 17.2 Å². The van der Waals surface area contributed by atoms with Crippen LogP contribution in [0.4, 0.5) is 5.13 Å². The third-order valence-corrected chi connectivity index (χ3v) is 4.91. The Morgan fingerprint density at radius 3 is 2.95 bits per heavy atom. The SMILES string of the molecule is Cc1nnc(NC(=O)CSc2nc3c(c(=O)[nH]2)CCCC3)s1. The molecule has 0 unspecified atom stereocenters. The highest BCUT2D eigenvalue weighted by molar-refractivity contribution is 7.99. The minimum absolute atomic E-state index is 0.0765. The van der Waals surface area contributed by atoms with E-state index in [1.54, 1.807) is 0 Å². The molecule has 22 heavy (non-hydrogen) atoms. The first kappa shape index (κ1) is 15.2. The van der Waals surface area contributed by atoms with Gasteiger partial charge in [-0.25, -0.2) is 4.98 Å². The van der Waals surface area contributed by atoms with Crippen molar-refractivity contribution >= 4 is 34.1 Å². The number of rotatable bonds is 4. The lowest BCUT2D eigenvalue weighted by Gasteiger charge is -2.14. The molecular formula is C13H15N5O2S2. The van der Waals surface area contributed by atoms with Crippen molar-refractivity contribution in [3.8, 4) is 0 Å². The largest absolute Gasteiger partial charge is 0.301 e. The zero-order valence-corrected chi connectivity index (χ0v) is 13.6. The topological polar surface area (TPSA) is 101 Å². The highest BCUT2D eigenvalue weighted by Gasteiger charge is 2.16. The molecule has 3 rings (SSSR count). The molecule has 9 heteroatoms. The Morgan fingerprint density at radius 2 is 2.18 bits per heavy atom. The van der Waals surface area contributed by atoms with Crippen molar-refractivity contribution in [2.45, 2.75) is 37.8 Å². The number of nitrogens with zero attached hydrogens (tertiary/aromatic N) is 3. The van der Waals surface area contributed by atoms with Crippen LogP contribution in [0.2, 0.25) is 0 Å². The number of anilines is 1. The summed E-state index contributed by atoms with van der Waals surface area (Å²) in [7, 11) is 0. The maximum Gasteiger partial charge on any atom is 0.254 e. The molecule has 0 bridgehead atoms. The molecule has 116 valence electrons. The van der Waals surface area contributed by atoms with Crippen molar-refractivity contribution in [1.29, 1.82) is 0 Å². The summed E-state index contributed by atoms with van der Waals surface area (Å²) in [5.74, 6) is -0.0260. The third kappa shape index (κ3) is 3.53. The molecule has 0 radical (unpaired) electrons. The van der Waals surface area contributed by atoms with E-state index in [0.717, 1.165) is 41.9 Å². The van der Waals surface area contributed by atoms with E-state index >= 15 is 0 Å². The zero-order chi connectivity index (χ0) is 15.5. The summed E-state index contributed by atoms with van der Waals surface area (Å²) in [5, 5.41) is 12.1. The molecule has 2 N–H and O–H groups in total. The van der Waals surface area contributed by atoms with Crippen molar-refractivity contribution in [2.24, 2.45) is 0 Å². The predicted molar refractivity (Wildman–Crippen MR) is 85.5 cm³/mol. The highest BCUT2D eigenvalue weighted by atomic mass is 32.2. The Morgan fingerprint density at radius 1 is 1.36 bits per heavy atom. The smallest absolute Gasteiger partial charge is 0.254 e. The van der Waals surface area contributed by atoms with E-state index in [0.29, 0.717) is 10.3 Å². The van der Waals surface area contributed by atoms with Gasteiger partial charge in [-0.1, -0.05) is 23.1 Å². The number of nitrogens with one attached hydrogen (secondary N) is 2. The number of thioether (sulfide) groups is 1. The van der Waals surface area contributed by atoms with Gasteiger partial charge in [-0.3, -0.25) is 14.9 Å². The Labute approximate surface area is 135 Å². The molecule has 2 heterocycles. The molecule has 0 aromatic carbocycles. The van der Waals surface area contributed by atoms with Crippen molar-refractivity contribution in [3.63, 3.8) is 0 Å². The van der Waals surface area contributed by atoms with Gasteiger partial charge in [-0.15, -0.1) is 10.2 Å². The van der Waals surface area contributed by atoms with E-state index in [1.807, 2.05) is 6.92 Å². The quantitative estimate of drug-likeness (QED) is 0.648.